The highest BCUT2D eigenvalue weighted by Gasteiger charge is 2.29. The summed E-state index contributed by atoms with van der Waals surface area (Å²) in [6.45, 7) is -1.45. The van der Waals surface area contributed by atoms with Crippen molar-refractivity contribution in [2.45, 2.75) is 6.18 Å². The van der Waals surface area contributed by atoms with E-state index in [2.05, 4.69) is 14.7 Å². The van der Waals surface area contributed by atoms with E-state index in [4.69, 9.17) is 5.11 Å². The molecule has 0 aliphatic carbocycles. The molecule has 18 heavy (non-hydrogen) atoms. The fraction of sp³-hybridized carbons (Fsp3) is 0.200. The minimum absolute atomic E-state index is 0.0576. The number of carboxylic acids is 1. The van der Waals surface area contributed by atoms with Gasteiger partial charge >= 0.3 is 12.1 Å². The van der Waals surface area contributed by atoms with Crippen molar-refractivity contribution in [1.29, 1.82) is 0 Å². The number of hydrogen-bond acceptors (Lipinski definition) is 3. The first-order valence-electron chi connectivity index (χ1n) is 4.77. The van der Waals surface area contributed by atoms with Crippen LogP contribution in [0.15, 0.2) is 18.5 Å². The van der Waals surface area contributed by atoms with Gasteiger partial charge in [0.2, 0.25) is 0 Å². The molecular weight excluding hydrogens is 253 g/mol. The normalized spacial score (nSPS) is 11.7. The van der Waals surface area contributed by atoms with E-state index in [-0.39, 0.29) is 22.3 Å². The summed E-state index contributed by atoms with van der Waals surface area (Å²) < 4.78 is 40.7. The molecule has 0 radical (unpaired) electrons. The molecule has 0 aromatic carbocycles. The van der Waals surface area contributed by atoms with Crippen molar-refractivity contribution >= 4 is 17.0 Å². The van der Waals surface area contributed by atoms with Crippen LogP contribution in [0.5, 0.6) is 5.75 Å². The Hall–Kier alpha value is -2.25. The van der Waals surface area contributed by atoms with Crippen LogP contribution in [-0.2, 0) is 0 Å². The van der Waals surface area contributed by atoms with E-state index >= 15 is 0 Å². The Labute approximate surface area is 98.2 Å². The number of fused-ring (bicyclic) bond motifs is 1. The average molecular weight is 260 g/mol. The average Bonchev–Trinajstić information content (AvgIpc) is 2.69. The van der Waals surface area contributed by atoms with Gasteiger partial charge in [-0.3, -0.25) is 4.98 Å². The lowest BCUT2D eigenvalue weighted by Gasteiger charge is -2.09. The quantitative estimate of drug-likeness (QED) is 0.887. The zero-order chi connectivity index (χ0) is 13.3. The van der Waals surface area contributed by atoms with Gasteiger partial charge in [0.15, 0.2) is 6.61 Å². The predicted octanol–water partition coefficient (Wildman–Crippen LogP) is 2.20. The number of alkyl halides is 3. The molecule has 0 aliphatic heterocycles. The summed E-state index contributed by atoms with van der Waals surface area (Å²) in [5.41, 5.74) is 0.0591. The van der Waals surface area contributed by atoms with Crippen molar-refractivity contribution in [3.63, 3.8) is 0 Å². The van der Waals surface area contributed by atoms with E-state index in [0.29, 0.717) is 0 Å². The highest BCUT2D eigenvalue weighted by Crippen LogP contribution is 2.27. The number of carboxylic acid groups (broad SMARTS) is 1. The molecule has 0 fully saturated rings. The summed E-state index contributed by atoms with van der Waals surface area (Å²) in [5, 5.41) is 8.84. The molecule has 2 heterocycles. The summed E-state index contributed by atoms with van der Waals surface area (Å²) in [7, 11) is 0. The van der Waals surface area contributed by atoms with E-state index in [1.165, 1.54) is 12.3 Å². The van der Waals surface area contributed by atoms with Crippen molar-refractivity contribution < 1.29 is 27.8 Å². The van der Waals surface area contributed by atoms with Gasteiger partial charge in [0.25, 0.3) is 0 Å². The molecule has 0 aliphatic rings. The zero-order valence-corrected chi connectivity index (χ0v) is 8.78. The first-order valence-corrected chi connectivity index (χ1v) is 4.77. The molecule has 0 saturated carbocycles. The number of carbonyl (C=O) groups is 1. The molecule has 2 aromatic heterocycles. The Kier molecular flexibility index (Phi) is 2.85. The summed E-state index contributed by atoms with van der Waals surface area (Å²) >= 11 is 0. The second-order valence-electron chi connectivity index (χ2n) is 3.44. The van der Waals surface area contributed by atoms with E-state index in [9.17, 15) is 18.0 Å². The minimum atomic E-state index is -4.46. The number of aromatic nitrogens is 2. The number of ether oxygens (including phenoxy) is 1. The first kappa shape index (κ1) is 12.2. The fourth-order valence-electron chi connectivity index (χ4n) is 1.44. The lowest BCUT2D eigenvalue weighted by atomic mass is 10.2. The van der Waals surface area contributed by atoms with E-state index in [0.717, 1.165) is 6.20 Å². The topological polar surface area (TPSA) is 75.2 Å². The van der Waals surface area contributed by atoms with E-state index in [1.807, 2.05) is 0 Å². The van der Waals surface area contributed by atoms with Gasteiger partial charge in [0.05, 0.1) is 0 Å². The van der Waals surface area contributed by atoms with Crippen LogP contribution in [0.1, 0.15) is 10.4 Å². The number of rotatable bonds is 3. The van der Waals surface area contributed by atoms with Crippen LogP contribution >= 0.6 is 0 Å². The maximum absolute atomic E-state index is 12.0. The van der Waals surface area contributed by atoms with Gasteiger partial charge in [0, 0.05) is 18.5 Å². The molecule has 2 N–H and O–H groups in total. The van der Waals surface area contributed by atoms with Gasteiger partial charge in [0.1, 0.15) is 22.3 Å². The second kappa shape index (κ2) is 4.21. The van der Waals surface area contributed by atoms with Crippen molar-refractivity contribution in [3.05, 3.63) is 24.0 Å². The molecule has 8 heteroatoms. The third-order valence-corrected chi connectivity index (χ3v) is 2.15. The van der Waals surface area contributed by atoms with E-state index < -0.39 is 18.8 Å². The number of aromatic amines is 1. The van der Waals surface area contributed by atoms with Crippen molar-refractivity contribution in [2.24, 2.45) is 0 Å². The molecule has 0 spiro atoms. The van der Waals surface area contributed by atoms with Crippen LogP contribution in [0, 0.1) is 0 Å². The van der Waals surface area contributed by atoms with E-state index in [1.54, 1.807) is 0 Å². The predicted molar refractivity (Wildman–Crippen MR) is 54.6 cm³/mol. The molecule has 2 rings (SSSR count). The van der Waals surface area contributed by atoms with Gasteiger partial charge in [-0.25, -0.2) is 4.79 Å². The largest absolute Gasteiger partial charge is 0.482 e. The number of aromatic carboxylic acids is 1. The molecular formula is C10H7F3N2O3. The Morgan fingerprint density at radius 3 is 2.83 bits per heavy atom. The van der Waals surface area contributed by atoms with Crippen LogP contribution in [0.3, 0.4) is 0 Å². The molecule has 0 atom stereocenters. The van der Waals surface area contributed by atoms with Crippen LogP contribution in [-0.4, -0.2) is 33.8 Å². The summed E-state index contributed by atoms with van der Waals surface area (Å²) in [6.07, 6.45) is -2.12. The molecule has 2 aromatic rings. The van der Waals surface area contributed by atoms with Crippen molar-refractivity contribution in [3.8, 4) is 5.75 Å². The van der Waals surface area contributed by atoms with Crippen molar-refractivity contribution in [2.75, 3.05) is 6.61 Å². The third kappa shape index (κ3) is 2.36. The molecule has 0 unspecified atom stereocenters. The summed E-state index contributed by atoms with van der Waals surface area (Å²) in [6, 6.07) is 1.23. The minimum Gasteiger partial charge on any atom is -0.482 e. The number of nitrogens with one attached hydrogen (secondary N) is 1. The smallest absolute Gasteiger partial charge is 0.422 e. The molecule has 96 valence electrons. The Morgan fingerprint density at radius 1 is 1.50 bits per heavy atom. The SMILES string of the molecule is O=C(O)c1c[nH]c2c(OCC(F)(F)F)ccnc12. The Morgan fingerprint density at radius 2 is 2.22 bits per heavy atom. The van der Waals surface area contributed by atoms with Gasteiger partial charge < -0.3 is 14.8 Å². The molecule has 5 nitrogen and oxygen atoms in total. The number of H-pyrrole nitrogens is 1. The molecule has 0 saturated heterocycles. The standard InChI is InChI=1S/C10H7F3N2O3/c11-10(12,13)4-18-6-1-2-14-7-5(9(16)17)3-15-8(6)7/h1-3,15H,4H2,(H,16,17). The zero-order valence-electron chi connectivity index (χ0n) is 8.78. The fourth-order valence-corrected chi connectivity index (χ4v) is 1.44. The van der Waals surface area contributed by atoms with Gasteiger partial charge in [-0.15, -0.1) is 0 Å². The number of pyridine rings is 1. The maximum Gasteiger partial charge on any atom is 0.422 e. The molecule has 0 bridgehead atoms. The van der Waals surface area contributed by atoms with Crippen molar-refractivity contribution in [1.82, 2.24) is 9.97 Å². The summed E-state index contributed by atoms with van der Waals surface area (Å²) in [4.78, 5) is 17.2. The lowest BCUT2D eigenvalue weighted by molar-refractivity contribution is -0.153. The van der Waals surface area contributed by atoms with Crippen LogP contribution in [0.4, 0.5) is 13.2 Å². The highest BCUT2D eigenvalue weighted by atomic mass is 19.4. The monoisotopic (exact) mass is 260 g/mol. The second-order valence-corrected chi connectivity index (χ2v) is 3.44. The van der Waals surface area contributed by atoms with Gasteiger partial charge in [-0.05, 0) is 0 Å². The highest BCUT2D eigenvalue weighted by molar-refractivity contribution is 6.02. The maximum atomic E-state index is 12.0. The lowest BCUT2D eigenvalue weighted by Crippen LogP contribution is -2.19. The van der Waals surface area contributed by atoms with Gasteiger partial charge in [-0.2, -0.15) is 13.2 Å². The number of nitrogens with zero attached hydrogens (tertiary/aromatic N) is 1. The Balaban J connectivity index is 2.38. The van der Waals surface area contributed by atoms with Gasteiger partial charge in [-0.1, -0.05) is 0 Å². The number of hydrogen-bond donors (Lipinski definition) is 2. The van der Waals surface area contributed by atoms with Crippen LogP contribution < -0.4 is 4.74 Å². The number of halogens is 3. The Bertz CT molecular complexity index is 592. The first-order chi connectivity index (χ1) is 8.38. The van der Waals surface area contributed by atoms with Crippen LogP contribution in [0.25, 0.3) is 11.0 Å². The third-order valence-electron chi connectivity index (χ3n) is 2.15. The molecule has 0 amide bonds. The summed E-state index contributed by atoms with van der Waals surface area (Å²) in [5.74, 6) is -1.31. The van der Waals surface area contributed by atoms with Crippen LogP contribution in [0.2, 0.25) is 0 Å².